The summed E-state index contributed by atoms with van der Waals surface area (Å²) in [6.45, 7) is 4.71. The monoisotopic (exact) mass is 421 g/mol. The summed E-state index contributed by atoms with van der Waals surface area (Å²) in [5, 5.41) is 5.96. The minimum absolute atomic E-state index is 0.0750. The number of nitrogens with one attached hydrogen (secondary N) is 1. The van der Waals surface area contributed by atoms with Crippen molar-refractivity contribution in [3.63, 3.8) is 0 Å². The van der Waals surface area contributed by atoms with Gasteiger partial charge < -0.3 is 15.0 Å². The molecular weight excluding hydrogens is 398 g/mol. The number of amides is 2. The average Bonchev–Trinajstić information content (AvgIpc) is 3.35. The van der Waals surface area contributed by atoms with Gasteiger partial charge in [-0.15, -0.1) is 11.3 Å². The number of nitrogens with zero attached hydrogens (tertiary/aromatic N) is 2. The van der Waals surface area contributed by atoms with Crippen molar-refractivity contribution in [2.45, 2.75) is 20.3 Å². The third-order valence-corrected chi connectivity index (χ3v) is 5.77. The summed E-state index contributed by atoms with van der Waals surface area (Å²) in [5.74, 6) is -0.00151. The number of benzene rings is 2. The number of carbonyl (C=O) groups excluding carboxylic acids is 2. The van der Waals surface area contributed by atoms with Crippen LogP contribution in [0.2, 0.25) is 0 Å². The Morgan fingerprint density at radius 1 is 1.27 bits per heavy atom. The van der Waals surface area contributed by atoms with E-state index in [1.807, 2.05) is 67.8 Å². The Hall–Kier alpha value is -3.19. The molecule has 1 atom stereocenters. The zero-order chi connectivity index (χ0) is 21.1. The molecule has 7 heteroatoms. The molecule has 4 rings (SSSR count). The second-order valence-corrected chi connectivity index (χ2v) is 8.19. The highest BCUT2D eigenvalue weighted by Gasteiger charge is 2.36. The van der Waals surface area contributed by atoms with Crippen LogP contribution in [-0.2, 0) is 9.59 Å². The van der Waals surface area contributed by atoms with Gasteiger partial charge in [-0.3, -0.25) is 9.59 Å². The van der Waals surface area contributed by atoms with Crippen LogP contribution in [0.3, 0.4) is 0 Å². The van der Waals surface area contributed by atoms with E-state index < -0.39 is 5.92 Å². The summed E-state index contributed by atoms with van der Waals surface area (Å²) < 4.78 is 5.65. The fourth-order valence-corrected chi connectivity index (χ4v) is 4.19. The molecule has 0 radical (unpaired) electrons. The van der Waals surface area contributed by atoms with Crippen molar-refractivity contribution in [3.05, 3.63) is 58.9 Å². The van der Waals surface area contributed by atoms with Crippen LogP contribution in [0.1, 0.15) is 18.4 Å². The van der Waals surface area contributed by atoms with Gasteiger partial charge in [0.25, 0.3) is 0 Å². The molecule has 1 aliphatic heterocycles. The first-order chi connectivity index (χ1) is 14.5. The van der Waals surface area contributed by atoms with Crippen molar-refractivity contribution in [2.75, 3.05) is 23.4 Å². The lowest BCUT2D eigenvalue weighted by molar-refractivity contribution is -0.122. The van der Waals surface area contributed by atoms with E-state index in [1.165, 1.54) is 0 Å². The van der Waals surface area contributed by atoms with Gasteiger partial charge in [-0.2, -0.15) is 0 Å². The number of rotatable bonds is 6. The summed E-state index contributed by atoms with van der Waals surface area (Å²) >= 11 is 1.59. The molecule has 1 fully saturated rings. The van der Waals surface area contributed by atoms with Crippen LogP contribution >= 0.6 is 11.3 Å². The van der Waals surface area contributed by atoms with Crippen LogP contribution in [0.4, 0.5) is 11.4 Å². The third-order valence-electron chi connectivity index (χ3n) is 5.00. The Morgan fingerprint density at radius 3 is 2.87 bits per heavy atom. The third kappa shape index (κ3) is 4.21. The van der Waals surface area contributed by atoms with Crippen molar-refractivity contribution in [2.24, 2.45) is 5.92 Å². The van der Waals surface area contributed by atoms with Crippen molar-refractivity contribution in [1.82, 2.24) is 4.98 Å². The van der Waals surface area contributed by atoms with Crippen LogP contribution in [0.5, 0.6) is 5.75 Å². The van der Waals surface area contributed by atoms with Crippen molar-refractivity contribution in [3.8, 4) is 17.0 Å². The Bertz CT molecular complexity index is 1080. The molecular formula is C23H23N3O3S. The first-order valence-corrected chi connectivity index (χ1v) is 10.8. The molecule has 3 aromatic rings. The fourth-order valence-electron chi connectivity index (χ4n) is 3.57. The van der Waals surface area contributed by atoms with Gasteiger partial charge in [-0.25, -0.2) is 4.98 Å². The highest BCUT2D eigenvalue weighted by Crippen LogP contribution is 2.33. The average molecular weight is 422 g/mol. The number of aromatic nitrogens is 1. The standard InChI is InChI=1S/C23H23N3O3S/c1-3-29-21-10-5-4-9-20(21)26-13-17(12-22(26)27)23(28)25-18-8-6-7-16(11-18)19-14-30-15(2)24-19/h4-11,14,17H,3,12-13H2,1-2H3,(H,25,28). The molecule has 30 heavy (non-hydrogen) atoms. The Morgan fingerprint density at radius 2 is 2.10 bits per heavy atom. The lowest BCUT2D eigenvalue weighted by atomic mass is 10.1. The normalized spacial score (nSPS) is 16.0. The topological polar surface area (TPSA) is 71.5 Å². The number of hydrogen-bond acceptors (Lipinski definition) is 5. The molecule has 1 N–H and O–H groups in total. The minimum atomic E-state index is -0.419. The molecule has 154 valence electrons. The fraction of sp³-hybridized carbons (Fsp3) is 0.261. The van der Waals surface area contributed by atoms with E-state index in [9.17, 15) is 9.59 Å². The molecule has 1 aliphatic rings. The lowest BCUT2D eigenvalue weighted by Gasteiger charge is -2.20. The largest absolute Gasteiger partial charge is 0.492 e. The molecule has 2 amide bonds. The van der Waals surface area contributed by atoms with Crippen molar-refractivity contribution in [1.29, 1.82) is 0 Å². The molecule has 1 unspecified atom stereocenters. The summed E-state index contributed by atoms with van der Waals surface area (Å²) in [6, 6.07) is 15.0. The number of para-hydroxylation sites is 2. The van der Waals surface area contributed by atoms with Crippen LogP contribution < -0.4 is 15.0 Å². The first-order valence-electron chi connectivity index (χ1n) is 9.90. The predicted octanol–water partition coefficient (Wildman–Crippen LogP) is 4.51. The SMILES string of the molecule is CCOc1ccccc1N1CC(C(=O)Nc2cccc(-c3csc(C)n3)c2)CC1=O. The molecule has 1 saturated heterocycles. The van der Waals surface area contributed by atoms with Gasteiger partial charge in [0.2, 0.25) is 11.8 Å². The maximum Gasteiger partial charge on any atom is 0.229 e. The Balaban J connectivity index is 1.47. The van der Waals surface area contributed by atoms with Gasteiger partial charge in [-0.05, 0) is 38.1 Å². The maximum absolute atomic E-state index is 12.9. The predicted molar refractivity (Wildman–Crippen MR) is 119 cm³/mol. The molecule has 6 nitrogen and oxygen atoms in total. The van der Waals surface area contributed by atoms with Crippen LogP contribution in [0, 0.1) is 12.8 Å². The van der Waals surface area contributed by atoms with Gasteiger partial charge >= 0.3 is 0 Å². The number of ether oxygens (including phenoxy) is 1. The minimum Gasteiger partial charge on any atom is -0.492 e. The Kier molecular flexibility index (Phi) is 5.81. The van der Waals surface area contributed by atoms with Gasteiger partial charge in [0.1, 0.15) is 5.75 Å². The van der Waals surface area contributed by atoms with Crippen LogP contribution in [0.25, 0.3) is 11.3 Å². The molecule has 0 aliphatic carbocycles. The van der Waals surface area contributed by atoms with Crippen LogP contribution in [-0.4, -0.2) is 29.9 Å². The zero-order valence-electron chi connectivity index (χ0n) is 16.9. The molecule has 2 aromatic carbocycles. The number of thiazole rings is 1. The van der Waals surface area contributed by atoms with Gasteiger partial charge in [0.15, 0.2) is 0 Å². The number of carbonyl (C=O) groups is 2. The number of anilines is 2. The van der Waals surface area contributed by atoms with E-state index in [-0.39, 0.29) is 18.2 Å². The maximum atomic E-state index is 12.9. The number of aryl methyl sites for hydroxylation is 1. The van der Waals surface area contributed by atoms with E-state index in [4.69, 9.17) is 4.74 Å². The van der Waals surface area contributed by atoms with E-state index >= 15 is 0 Å². The van der Waals surface area contributed by atoms with Crippen molar-refractivity contribution < 1.29 is 14.3 Å². The summed E-state index contributed by atoms with van der Waals surface area (Å²) in [4.78, 5) is 31.6. The second-order valence-electron chi connectivity index (χ2n) is 7.13. The lowest BCUT2D eigenvalue weighted by Crippen LogP contribution is -2.28. The van der Waals surface area contributed by atoms with E-state index in [2.05, 4.69) is 10.3 Å². The van der Waals surface area contributed by atoms with Crippen LogP contribution in [0.15, 0.2) is 53.9 Å². The molecule has 2 heterocycles. The van der Waals surface area contributed by atoms with E-state index in [0.29, 0.717) is 30.3 Å². The quantitative estimate of drug-likeness (QED) is 0.636. The summed E-state index contributed by atoms with van der Waals surface area (Å²) in [5.41, 5.74) is 3.25. The Labute approximate surface area is 179 Å². The van der Waals surface area contributed by atoms with Crippen molar-refractivity contribution >= 4 is 34.5 Å². The highest BCUT2D eigenvalue weighted by atomic mass is 32.1. The smallest absolute Gasteiger partial charge is 0.229 e. The summed E-state index contributed by atoms with van der Waals surface area (Å²) in [7, 11) is 0. The molecule has 0 spiro atoms. The zero-order valence-corrected chi connectivity index (χ0v) is 17.7. The molecule has 0 bridgehead atoms. The van der Waals surface area contributed by atoms with Gasteiger partial charge in [-0.1, -0.05) is 24.3 Å². The second kappa shape index (κ2) is 8.67. The van der Waals surface area contributed by atoms with Gasteiger partial charge in [0, 0.05) is 29.6 Å². The highest BCUT2D eigenvalue weighted by molar-refractivity contribution is 7.09. The summed E-state index contributed by atoms with van der Waals surface area (Å²) in [6.07, 6.45) is 0.178. The number of hydrogen-bond donors (Lipinski definition) is 1. The first kappa shape index (κ1) is 20.1. The van der Waals surface area contributed by atoms with Gasteiger partial charge in [0.05, 0.1) is 28.9 Å². The van der Waals surface area contributed by atoms with E-state index in [1.54, 1.807) is 16.2 Å². The molecule has 0 saturated carbocycles. The molecule has 1 aromatic heterocycles. The van der Waals surface area contributed by atoms with E-state index in [0.717, 1.165) is 16.3 Å².